The number of unbranched alkanes of at least 4 members (excludes halogenated alkanes) is 1. The second kappa shape index (κ2) is 11.5. The number of aliphatic hydroxyl groups is 2. The molecule has 0 heterocycles. The Hall–Kier alpha value is -0.160. The lowest BCUT2D eigenvalue weighted by Crippen LogP contribution is -2.38. The molecular formula is C16H35NO3. The Morgan fingerprint density at radius 2 is 1.90 bits per heavy atom. The van der Waals surface area contributed by atoms with Gasteiger partial charge in [0.1, 0.15) is 0 Å². The van der Waals surface area contributed by atoms with E-state index in [9.17, 15) is 5.11 Å². The van der Waals surface area contributed by atoms with Crippen LogP contribution < -0.4 is 5.32 Å². The van der Waals surface area contributed by atoms with Gasteiger partial charge in [-0.1, -0.05) is 47.0 Å². The van der Waals surface area contributed by atoms with Gasteiger partial charge in [0.15, 0.2) is 0 Å². The highest BCUT2D eigenvalue weighted by atomic mass is 16.5. The molecule has 0 radical (unpaired) electrons. The topological polar surface area (TPSA) is 61.7 Å². The second-order valence-electron chi connectivity index (χ2n) is 6.56. The third kappa shape index (κ3) is 10.6. The minimum atomic E-state index is -0.479. The summed E-state index contributed by atoms with van der Waals surface area (Å²) in [7, 11) is 0. The Balaban J connectivity index is 3.64. The molecule has 0 aromatic rings. The Morgan fingerprint density at radius 1 is 1.20 bits per heavy atom. The fourth-order valence-electron chi connectivity index (χ4n) is 1.96. The summed E-state index contributed by atoms with van der Waals surface area (Å²) < 4.78 is 5.62. The van der Waals surface area contributed by atoms with Gasteiger partial charge in [0.25, 0.3) is 0 Å². The molecule has 0 aliphatic rings. The summed E-state index contributed by atoms with van der Waals surface area (Å²) in [6, 6.07) is 0. The van der Waals surface area contributed by atoms with E-state index in [1.54, 1.807) is 0 Å². The van der Waals surface area contributed by atoms with E-state index in [2.05, 4.69) is 19.2 Å². The van der Waals surface area contributed by atoms with Crippen LogP contribution >= 0.6 is 0 Å². The Bertz CT molecular complexity index is 222. The molecule has 0 amide bonds. The monoisotopic (exact) mass is 289 g/mol. The predicted molar refractivity (Wildman–Crippen MR) is 83.9 cm³/mol. The zero-order valence-electron chi connectivity index (χ0n) is 13.8. The van der Waals surface area contributed by atoms with Crippen molar-refractivity contribution in [3.05, 3.63) is 0 Å². The van der Waals surface area contributed by atoms with Gasteiger partial charge in [-0.15, -0.1) is 0 Å². The van der Waals surface area contributed by atoms with Crippen molar-refractivity contribution in [2.45, 2.75) is 59.5 Å². The molecule has 4 heteroatoms. The average Bonchev–Trinajstić information content (AvgIpc) is 2.42. The Morgan fingerprint density at radius 3 is 2.45 bits per heavy atom. The van der Waals surface area contributed by atoms with E-state index in [-0.39, 0.29) is 12.0 Å². The van der Waals surface area contributed by atoms with Crippen LogP contribution in [0.25, 0.3) is 0 Å². The van der Waals surface area contributed by atoms with Gasteiger partial charge in [0.2, 0.25) is 0 Å². The van der Waals surface area contributed by atoms with Crippen LogP contribution in [0, 0.1) is 11.3 Å². The van der Waals surface area contributed by atoms with Gasteiger partial charge in [0.05, 0.1) is 12.7 Å². The average molecular weight is 289 g/mol. The number of nitrogens with one attached hydrogen (secondary N) is 1. The minimum absolute atomic E-state index is 0.141. The summed E-state index contributed by atoms with van der Waals surface area (Å²) in [6.45, 7) is 10.8. The third-order valence-electron chi connectivity index (χ3n) is 3.62. The predicted octanol–water partition coefficient (Wildman–Crippen LogP) is 2.19. The number of hydrogen-bond donors (Lipinski definition) is 3. The molecule has 2 atom stereocenters. The maximum atomic E-state index is 9.83. The first-order chi connectivity index (χ1) is 9.45. The first-order valence-electron chi connectivity index (χ1n) is 8.02. The van der Waals surface area contributed by atoms with Gasteiger partial charge < -0.3 is 20.3 Å². The second-order valence-corrected chi connectivity index (χ2v) is 6.56. The van der Waals surface area contributed by atoms with Crippen LogP contribution in [-0.2, 0) is 4.74 Å². The number of ether oxygens (including phenoxy) is 1. The van der Waals surface area contributed by atoms with Crippen molar-refractivity contribution in [2.24, 2.45) is 11.3 Å². The molecular weight excluding hydrogens is 254 g/mol. The first kappa shape index (κ1) is 19.8. The smallest absolute Gasteiger partial charge is 0.0897 e. The van der Waals surface area contributed by atoms with Crippen molar-refractivity contribution in [3.63, 3.8) is 0 Å². The molecule has 4 nitrogen and oxygen atoms in total. The normalized spacial score (nSPS) is 15.3. The zero-order valence-corrected chi connectivity index (χ0v) is 13.8. The molecule has 0 rings (SSSR count). The van der Waals surface area contributed by atoms with Gasteiger partial charge >= 0.3 is 0 Å². The van der Waals surface area contributed by atoms with Crippen LogP contribution in [0.1, 0.15) is 53.4 Å². The number of aliphatic hydroxyl groups excluding tert-OH is 2. The van der Waals surface area contributed by atoms with Crippen molar-refractivity contribution in [1.29, 1.82) is 0 Å². The van der Waals surface area contributed by atoms with Crippen LogP contribution in [-0.4, -0.2) is 49.2 Å². The van der Waals surface area contributed by atoms with E-state index in [0.717, 1.165) is 13.0 Å². The van der Waals surface area contributed by atoms with Crippen molar-refractivity contribution in [1.82, 2.24) is 5.32 Å². The lowest BCUT2D eigenvalue weighted by atomic mass is 9.95. The van der Waals surface area contributed by atoms with Crippen LogP contribution in [0.4, 0.5) is 0 Å². The van der Waals surface area contributed by atoms with E-state index in [1.165, 1.54) is 19.3 Å². The van der Waals surface area contributed by atoms with Gasteiger partial charge in [0, 0.05) is 31.7 Å². The largest absolute Gasteiger partial charge is 0.396 e. The summed E-state index contributed by atoms with van der Waals surface area (Å²) in [4.78, 5) is 0. The van der Waals surface area contributed by atoms with Gasteiger partial charge in [-0.25, -0.2) is 0 Å². The molecule has 0 fully saturated rings. The first-order valence-corrected chi connectivity index (χ1v) is 8.02. The SMILES string of the molecule is CCCCC(CC)COCC(O)CNCC(C)(C)CO. The van der Waals surface area contributed by atoms with Gasteiger partial charge in [-0.3, -0.25) is 0 Å². The van der Waals surface area contributed by atoms with Crippen molar-refractivity contribution < 1.29 is 14.9 Å². The van der Waals surface area contributed by atoms with Crippen molar-refractivity contribution in [3.8, 4) is 0 Å². The number of hydrogen-bond acceptors (Lipinski definition) is 4. The quantitative estimate of drug-likeness (QED) is 0.486. The van der Waals surface area contributed by atoms with Gasteiger partial charge in [-0.05, 0) is 12.3 Å². The lowest BCUT2D eigenvalue weighted by molar-refractivity contribution is 0.0179. The zero-order chi connectivity index (χ0) is 15.4. The molecule has 0 aromatic carbocycles. The molecule has 0 saturated heterocycles. The molecule has 2 unspecified atom stereocenters. The van der Waals surface area contributed by atoms with E-state index >= 15 is 0 Å². The summed E-state index contributed by atoms with van der Waals surface area (Å²) in [6.07, 6.45) is 4.35. The summed E-state index contributed by atoms with van der Waals surface area (Å²) >= 11 is 0. The molecule has 0 aromatic heterocycles. The van der Waals surface area contributed by atoms with E-state index in [4.69, 9.17) is 9.84 Å². The molecule has 0 saturated carbocycles. The Labute approximate surface area is 124 Å². The van der Waals surface area contributed by atoms with Crippen LogP contribution in [0.15, 0.2) is 0 Å². The maximum Gasteiger partial charge on any atom is 0.0897 e. The highest BCUT2D eigenvalue weighted by molar-refractivity contribution is 4.71. The molecule has 0 aliphatic heterocycles. The summed E-state index contributed by atoms with van der Waals surface area (Å²) in [5.41, 5.74) is -0.145. The van der Waals surface area contributed by atoms with E-state index in [0.29, 0.717) is 25.6 Å². The summed E-state index contributed by atoms with van der Waals surface area (Å²) in [5, 5.41) is 22.1. The minimum Gasteiger partial charge on any atom is -0.396 e. The molecule has 122 valence electrons. The maximum absolute atomic E-state index is 9.83. The van der Waals surface area contributed by atoms with Crippen LogP contribution in [0.3, 0.4) is 0 Å². The van der Waals surface area contributed by atoms with Crippen LogP contribution in [0.2, 0.25) is 0 Å². The molecule has 0 aliphatic carbocycles. The summed E-state index contributed by atoms with van der Waals surface area (Å²) in [5.74, 6) is 0.614. The highest BCUT2D eigenvalue weighted by Gasteiger charge is 2.16. The highest BCUT2D eigenvalue weighted by Crippen LogP contribution is 2.13. The standard InChI is InChI=1S/C16H35NO3/c1-5-7-8-14(6-2)10-20-11-15(19)9-17-12-16(3,4)13-18/h14-15,17-19H,5-13H2,1-4H3. The Kier molecular flexibility index (Phi) is 11.4. The van der Waals surface area contributed by atoms with Crippen molar-refractivity contribution in [2.75, 3.05) is 32.9 Å². The van der Waals surface area contributed by atoms with E-state index in [1.807, 2.05) is 13.8 Å². The van der Waals surface area contributed by atoms with Crippen LogP contribution in [0.5, 0.6) is 0 Å². The molecule has 3 N–H and O–H groups in total. The fourth-order valence-corrected chi connectivity index (χ4v) is 1.96. The molecule has 0 spiro atoms. The van der Waals surface area contributed by atoms with E-state index < -0.39 is 6.10 Å². The molecule has 20 heavy (non-hydrogen) atoms. The lowest BCUT2D eigenvalue weighted by Gasteiger charge is -2.23. The third-order valence-corrected chi connectivity index (χ3v) is 3.62. The van der Waals surface area contributed by atoms with Crippen molar-refractivity contribution >= 4 is 0 Å². The number of rotatable bonds is 13. The molecule has 0 bridgehead atoms. The fraction of sp³-hybridized carbons (Fsp3) is 1.00. The van der Waals surface area contributed by atoms with Gasteiger partial charge in [-0.2, -0.15) is 0 Å².